The Labute approximate surface area is 241 Å². The Bertz CT molecular complexity index is 420. The summed E-state index contributed by atoms with van der Waals surface area (Å²) < 4.78 is 0. The number of rotatable bonds is 30. The first-order valence-corrected chi connectivity index (χ1v) is 17.6. The molecular weight excluding hydrogens is 466 g/mol. The number of aliphatic carboxylic acids is 1. The number of hydrogen-bond acceptors (Lipinski definition) is 2. The minimum Gasteiger partial charge on any atom is -0.481 e. The molecule has 0 aromatic rings. The Kier molecular flexibility index (Phi) is 37.9. The van der Waals surface area contributed by atoms with Crippen LogP contribution < -0.4 is 0 Å². The maximum absolute atomic E-state index is 10.3. The van der Waals surface area contributed by atoms with Crippen molar-refractivity contribution in [1.82, 2.24) is 4.90 Å². The van der Waals surface area contributed by atoms with Gasteiger partial charge in [-0.25, -0.2) is 0 Å². The SMILES string of the molecule is CCCCCCCCCCCCCCCCCC(=O)O.CCCCCCCCCCCN(CCC)CCC. The molecule has 0 unspecified atom stereocenters. The number of nitrogens with zero attached hydrogens (tertiary/aromatic N) is 1. The van der Waals surface area contributed by atoms with Crippen LogP contribution >= 0.6 is 0 Å². The number of hydrogen-bond donors (Lipinski definition) is 1. The molecule has 38 heavy (non-hydrogen) atoms. The molecule has 0 heterocycles. The van der Waals surface area contributed by atoms with Crippen LogP contribution in [-0.2, 0) is 4.79 Å². The van der Waals surface area contributed by atoms with E-state index in [1.54, 1.807) is 0 Å². The third kappa shape index (κ3) is 37.6. The van der Waals surface area contributed by atoms with Crippen molar-refractivity contribution in [3.05, 3.63) is 0 Å². The summed E-state index contributed by atoms with van der Waals surface area (Å²) >= 11 is 0. The minimum atomic E-state index is -0.653. The van der Waals surface area contributed by atoms with Gasteiger partial charge in [-0.2, -0.15) is 0 Å². The molecule has 0 bridgehead atoms. The summed E-state index contributed by atoms with van der Waals surface area (Å²) in [5.74, 6) is -0.653. The van der Waals surface area contributed by atoms with Gasteiger partial charge in [0.05, 0.1) is 0 Å². The van der Waals surface area contributed by atoms with Gasteiger partial charge in [0.15, 0.2) is 0 Å². The molecule has 0 saturated heterocycles. The van der Waals surface area contributed by atoms with Gasteiger partial charge in [0.1, 0.15) is 0 Å². The topological polar surface area (TPSA) is 40.5 Å². The van der Waals surface area contributed by atoms with Crippen molar-refractivity contribution in [2.75, 3.05) is 19.6 Å². The summed E-state index contributed by atoms with van der Waals surface area (Å²) in [5, 5.41) is 8.52. The van der Waals surface area contributed by atoms with Gasteiger partial charge in [-0.3, -0.25) is 4.79 Å². The fourth-order valence-electron chi connectivity index (χ4n) is 5.26. The third-order valence-corrected chi connectivity index (χ3v) is 7.65. The molecule has 3 heteroatoms. The molecule has 0 aliphatic heterocycles. The molecule has 0 rings (SSSR count). The van der Waals surface area contributed by atoms with Crippen LogP contribution in [0.2, 0.25) is 0 Å². The summed E-state index contributed by atoms with van der Waals surface area (Å²) in [7, 11) is 0. The average molecular weight is 540 g/mol. The van der Waals surface area contributed by atoms with Crippen LogP contribution in [0.1, 0.15) is 201 Å². The molecule has 0 aliphatic carbocycles. The van der Waals surface area contributed by atoms with E-state index in [9.17, 15) is 4.79 Å². The van der Waals surface area contributed by atoms with Crippen LogP contribution in [0.25, 0.3) is 0 Å². The highest BCUT2D eigenvalue weighted by Gasteiger charge is 2.01. The molecule has 0 fully saturated rings. The van der Waals surface area contributed by atoms with E-state index in [-0.39, 0.29) is 0 Å². The Morgan fingerprint density at radius 1 is 0.395 bits per heavy atom. The van der Waals surface area contributed by atoms with E-state index < -0.39 is 5.97 Å². The van der Waals surface area contributed by atoms with Crippen molar-refractivity contribution in [3.63, 3.8) is 0 Å². The predicted octanol–water partition coefficient (Wildman–Crippen LogP) is 12.0. The summed E-state index contributed by atoms with van der Waals surface area (Å²) in [6.07, 6.45) is 35.8. The molecular formula is C35H73NO2. The number of carboxylic acid groups (broad SMARTS) is 1. The zero-order valence-electron chi connectivity index (χ0n) is 27.0. The van der Waals surface area contributed by atoms with E-state index in [1.165, 1.54) is 174 Å². The van der Waals surface area contributed by atoms with Gasteiger partial charge in [0.25, 0.3) is 0 Å². The summed E-state index contributed by atoms with van der Waals surface area (Å²) in [6.45, 7) is 13.1. The lowest BCUT2D eigenvalue weighted by Crippen LogP contribution is -2.26. The fourth-order valence-corrected chi connectivity index (χ4v) is 5.26. The molecule has 0 saturated carbocycles. The lowest BCUT2D eigenvalue weighted by atomic mass is 10.0. The maximum atomic E-state index is 10.3. The Morgan fingerprint density at radius 3 is 0.974 bits per heavy atom. The van der Waals surface area contributed by atoms with Gasteiger partial charge in [0, 0.05) is 6.42 Å². The standard InChI is InChI=1S/C18H36O2.C17H37N/c1-2-3-4-5-6-7-8-9-10-11-12-13-14-15-16-17-18(19)20;1-4-7-8-9-10-11-12-13-14-17-18(15-5-2)16-6-3/h2-17H2,1H3,(H,19,20);4-17H2,1-3H3. The van der Waals surface area contributed by atoms with Gasteiger partial charge in [-0.15, -0.1) is 0 Å². The lowest BCUT2D eigenvalue weighted by Gasteiger charge is -2.20. The fraction of sp³-hybridized carbons (Fsp3) is 0.971. The Morgan fingerprint density at radius 2 is 0.684 bits per heavy atom. The van der Waals surface area contributed by atoms with E-state index in [0.717, 1.165) is 12.8 Å². The average Bonchev–Trinajstić information content (AvgIpc) is 2.90. The predicted molar refractivity (Wildman–Crippen MR) is 171 cm³/mol. The van der Waals surface area contributed by atoms with Gasteiger partial charge in [-0.05, 0) is 45.3 Å². The highest BCUT2D eigenvalue weighted by molar-refractivity contribution is 5.66. The van der Waals surface area contributed by atoms with E-state index in [2.05, 4.69) is 32.6 Å². The van der Waals surface area contributed by atoms with Crippen LogP contribution in [0.4, 0.5) is 0 Å². The zero-order valence-corrected chi connectivity index (χ0v) is 27.0. The van der Waals surface area contributed by atoms with Crippen LogP contribution in [0.5, 0.6) is 0 Å². The van der Waals surface area contributed by atoms with Crippen molar-refractivity contribution in [3.8, 4) is 0 Å². The van der Waals surface area contributed by atoms with Crippen molar-refractivity contribution in [2.45, 2.75) is 201 Å². The summed E-state index contributed by atoms with van der Waals surface area (Å²) in [6, 6.07) is 0. The van der Waals surface area contributed by atoms with E-state index in [1.807, 2.05) is 0 Å². The second-order valence-corrected chi connectivity index (χ2v) is 11.8. The van der Waals surface area contributed by atoms with Gasteiger partial charge in [0.2, 0.25) is 0 Å². The van der Waals surface area contributed by atoms with Crippen LogP contribution in [0.3, 0.4) is 0 Å². The monoisotopic (exact) mass is 540 g/mol. The normalized spacial score (nSPS) is 11.1. The van der Waals surface area contributed by atoms with Gasteiger partial charge < -0.3 is 10.0 Å². The van der Waals surface area contributed by atoms with Gasteiger partial charge in [-0.1, -0.05) is 169 Å². The van der Waals surface area contributed by atoms with Crippen molar-refractivity contribution < 1.29 is 9.90 Å². The molecule has 0 radical (unpaired) electrons. The highest BCUT2D eigenvalue weighted by Crippen LogP contribution is 2.14. The molecule has 0 aromatic heterocycles. The van der Waals surface area contributed by atoms with Crippen molar-refractivity contribution in [2.24, 2.45) is 0 Å². The number of carbonyl (C=O) groups is 1. The lowest BCUT2D eigenvalue weighted by molar-refractivity contribution is -0.137. The summed E-state index contributed by atoms with van der Waals surface area (Å²) in [4.78, 5) is 13.0. The summed E-state index contributed by atoms with van der Waals surface area (Å²) in [5.41, 5.74) is 0. The Balaban J connectivity index is 0. The first kappa shape index (κ1) is 39.6. The smallest absolute Gasteiger partial charge is 0.303 e. The maximum Gasteiger partial charge on any atom is 0.303 e. The van der Waals surface area contributed by atoms with Crippen LogP contribution in [0.15, 0.2) is 0 Å². The quantitative estimate of drug-likeness (QED) is 0.0922. The Hall–Kier alpha value is -0.570. The second-order valence-electron chi connectivity index (χ2n) is 11.8. The molecule has 1 N–H and O–H groups in total. The number of unbranched alkanes of at least 4 members (excludes halogenated alkanes) is 22. The van der Waals surface area contributed by atoms with E-state index in [4.69, 9.17) is 5.11 Å². The molecule has 0 aliphatic rings. The second kappa shape index (κ2) is 36.4. The molecule has 230 valence electrons. The number of carboxylic acids is 1. The van der Waals surface area contributed by atoms with Crippen molar-refractivity contribution >= 4 is 5.97 Å². The van der Waals surface area contributed by atoms with Crippen LogP contribution in [-0.4, -0.2) is 35.6 Å². The van der Waals surface area contributed by atoms with Gasteiger partial charge >= 0.3 is 5.97 Å². The largest absolute Gasteiger partial charge is 0.481 e. The molecule has 0 aromatic carbocycles. The minimum absolute atomic E-state index is 0.345. The van der Waals surface area contributed by atoms with E-state index >= 15 is 0 Å². The molecule has 3 nitrogen and oxygen atoms in total. The van der Waals surface area contributed by atoms with E-state index in [0.29, 0.717) is 6.42 Å². The zero-order chi connectivity index (χ0) is 28.4. The first-order valence-electron chi connectivity index (χ1n) is 17.6. The third-order valence-electron chi connectivity index (χ3n) is 7.65. The molecule has 0 atom stereocenters. The van der Waals surface area contributed by atoms with Crippen LogP contribution in [0, 0.1) is 0 Å². The molecule has 0 amide bonds. The molecule has 0 spiro atoms. The van der Waals surface area contributed by atoms with Crippen molar-refractivity contribution in [1.29, 1.82) is 0 Å². The first-order chi connectivity index (χ1) is 18.6. The highest BCUT2D eigenvalue weighted by atomic mass is 16.4.